The van der Waals surface area contributed by atoms with Crippen molar-refractivity contribution in [3.63, 3.8) is 0 Å². The first kappa shape index (κ1) is 64.4. The predicted molar refractivity (Wildman–Crippen MR) is 248 cm³/mol. The second-order valence-electron chi connectivity index (χ2n) is 17.6. The fraction of sp³-hybridized carbons (Fsp3) is 0.660. The van der Waals surface area contributed by atoms with Crippen LogP contribution < -0.4 is 5.73 Å². The number of nitrogens with two attached hydrogens (primary N) is 1. The lowest BCUT2D eigenvalue weighted by Crippen LogP contribution is -2.61. The number of carboxylic acid groups (broad SMARTS) is 1. The van der Waals surface area contributed by atoms with Crippen LogP contribution in [0.3, 0.4) is 0 Å². The average molecular weight is 978 g/mol. The van der Waals surface area contributed by atoms with Crippen molar-refractivity contribution in [2.45, 2.75) is 177 Å². The van der Waals surface area contributed by atoms with Crippen molar-refractivity contribution in [2.24, 2.45) is 23.5 Å². The highest BCUT2D eigenvalue weighted by Gasteiger charge is 2.51. The summed E-state index contributed by atoms with van der Waals surface area (Å²) < 4.78 is 23.1. The number of hydrogen-bond donors (Lipinski definition) is 12. The van der Waals surface area contributed by atoms with E-state index in [2.05, 4.69) is 0 Å². The molecule has 5 unspecified atom stereocenters. The van der Waals surface area contributed by atoms with Crippen molar-refractivity contribution in [3.05, 3.63) is 85.1 Å². The van der Waals surface area contributed by atoms with Crippen LogP contribution in [0.5, 0.6) is 0 Å². The van der Waals surface area contributed by atoms with Crippen molar-refractivity contribution < 1.29 is 101 Å². The summed E-state index contributed by atoms with van der Waals surface area (Å²) in [6.45, 7) is 6.74. The van der Waals surface area contributed by atoms with E-state index in [1.54, 1.807) is 80.7 Å². The maximum Gasteiger partial charge on any atom is 0.311 e. The van der Waals surface area contributed by atoms with Gasteiger partial charge >= 0.3 is 11.9 Å². The van der Waals surface area contributed by atoms with Gasteiger partial charge in [0.15, 0.2) is 12.1 Å². The number of carboxylic acids is 1. The fourth-order valence-electron chi connectivity index (χ4n) is 7.97. The van der Waals surface area contributed by atoms with Gasteiger partial charge in [-0.1, -0.05) is 98.9 Å². The smallest absolute Gasteiger partial charge is 0.311 e. The second-order valence-corrected chi connectivity index (χ2v) is 17.6. The van der Waals surface area contributed by atoms with Gasteiger partial charge in [-0.3, -0.25) is 9.59 Å². The van der Waals surface area contributed by atoms with Crippen LogP contribution in [0.15, 0.2) is 85.1 Å². The summed E-state index contributed by atoms with van der Waals surface area (Å²) >= 11 is 0. The zero-order valence-corrected chi connectivity index (χ0v) is 39.1. The van der Waals surface area contributed by atoms with Gasteiger partial charge in [-0.2, -0.15) is 0 Å². The molecule has 0 aromatic rings. The third-order valence-corrected chi connectivity index (χ3v) is 12.0. The number of rotatable bonds is 3. The summed E-state index contributed by atoms with van der Waals surface area (Å²) in [7, 11) is 0. The Balaban J connectivity index is 0.0000150. The topological polar surface area (TPSA) is 414 Å². The molecule has 21 nitrogen and oxygen atoms in total. The van der Waals surface area contributed by atoms with Gasteiger partial charge in [0, 0.05) is 37.5 Å². The van der Waals surface area contributed by atoms with Crippen LogP contribution in [0, 0.1) is 17.8 Å². The number of fused-ring (bicyclic) bond motifs is 2. The molecule has 3 aliphatic rings. The molecule has 2 fully saturated rings. The number of cyclic esters (lactones) is 1. The third kappa shape index (κ3) is 21.2. The molecule has 0 radical (unpaired) electrons. The lowest BCUT2D eigenvalue weighted by atomic mass is 9.82. The van der Waals surface area contributed by atoms with Gasteiger partial charge in [0.1, 0.15) is 18.1 Å². The summed E-state index contributed by atoms with van der Waals surface area (Å²) in [5, 5.41) is 118. The molecule has 3 aliphatic heterocycles. The summed E-state index contributed by atoms with van der Waals surface area (Å²) in [6, 6.07) is -1.15. The van der Waals surface area contributed by atoms with Crippen LogP contribution in [0.2, 0.25) is 0 Å². The molecule has 19 N–H and O–H groups in total. The molecular formula is C47H79NO20. The molecule has 2 saturated heterocycles. The molecule has 3 rings (SSSR count). The van der Waals surface area contributed by atoms with Gasteiger partial charge < -0.3 is 97.3 Å². The molecule has 0 saturated carbocycles. The number of carbonyl (C=O) groups is 2. The quantitative estimate of drug-likeness (QED) is 0.139. The van der Waals surface area contributed by atoms with Gasteiger partial charge in [0.05, 0.1) is 79.6 Å². The molecule has 392 valence electrons. The Morgan fingerprint density at radius 1 is 0.647 bits per heavy atom. The molecule has 68 heavy (non-hydrogen) atoms. The Bertz CT molecular complexity index is 1670. The van der Waals surface area contributed by atoms with E-state index >= 15 is 0 Å². The zero-order chi connectivity index (χ0) is 48.4. The molecule has 3 heterocycles. The van der Waals surface area contributed by atoms with E-state index in [0.29, 0.717) is 0 Å². The Morgan fingerprint density at radius 3 is 1.75 bits per heavy atom. The monoisotopic (exact) mass is 978 g/mol. The first-order chi connectivity index (χ1) is 30.6. The predicted octanol–water partition coefficient (Wildman–Crippen LogP) is -1.76. The number of hydrogen-bond acceptors (Lipinski definition) is 17. The minimum atomic E-state index is -2.33. The molecular weight excluding hydrogens is 899 g/mol. The molecule has 0 aliphatic carbocycles. The average Bonchev–Trinajstić information content (AvgIpc) is 3.21. The molecule has 19 atom stereocenters. The van der Waals surface area contributed by atoms with Crippen LogP contribution in [0.25, 0.3) is 0 Å². The van der Waals surface area contributed by atoms with Crippen molar-refractivity contribution in [1.29, 1.82) is 0 Å². The fourth-order valence-corrected chi connectivity index (χ4v) is 7.97. The highest BCUT2D eigenvalue weighted by Crippen LogP contribution is 2.38. The minimum absolute atomic E-state index is 0. The second kappa shape index (κ2) is 31.6. The minimum Gasteiger partial charge on any atom is -0.481 e. The third-order valence-electron chi connectivity index (χ3n) is 12.0. The van der Waals surface area contributed by atoms with Crippen LogP contribution in [-0.4, -0.2) is 182 Å². The van der Waals surface area contributed by atoms with E-state index in [9.17, 15) is 65.8 Å². The maximum atomic E-state index is 12.6. The van der Waals surface area contributed by atoms with Crippen molar-refractivity contribution in [3.8, 4) is 0 Å². The SMILES string of the molecule is CC1OC(O[C@H]2/C=C/C=C/C=C/C=C/C=C/C=C/C=C/[C@H](C)[C@@H](O)[C@@H](C)[C@H](C)OC(=O)C[C@H](O)C[C@H](O)CC[C@@H](O)[C@H](O)C[C@H](O)C[C@]3(O)C[C@H](O)[C@@H](C(=O)O)[C@H](C2)O3)C(O)C(N)C1O.O.O.O. The van der Waals surface area contributed by atoms with Crippen molar-refractivity contribution >= 4 is 11.9 Å². The summed E-state index contributed by atoms with van der Waals surface area (Å²) in [6.07, 6.45) is 3.46. The maximum absolute atomic E-state index is 12.6. The van der Waals surface area contributed by atoms with E-state index < -0.39 is 147 Å². The van der Waals surface area contributed by atoms with Gasteiger partial charge in [0.25, 0.3) is 0 Å². The number of allylic oxidation sites excluding steroid dienone is 12. The number of aliphatic carboxylic acids is 1. The van der Waals surface area contributed by atoms with Gasteiger partial charge in [-0.25, -0.2) is 0 Å². The van der Waals surface area contributed by atoms with E-state index in [1.807, 2.05) is 19.1 Å². The normalized spacial score (nSPS) is 43.5. The highest BCUT2D eigenvalue weighted by molar-refractivity contribution is 5.71. The molecule has 0 spiro atoms. The Morgan fingerprint density at radius 2 is 1.19 bits per heavy atom. The van der Waals surface area contributed by atoms with Crippen LogP contribution in [0.4, 0.5) is 0 Å². The Kier molecular flexibility index (Phi) is 30.0. The first-order valence-corrected chi connectivity index (χ1v) is 22.3. The van der Waals surface area contributed by atoms with E-state index in [4.69, 9.17) is 24.7 Å². The number of esters is 1. The first-order valence-electron chi connectivity index (χ1n) is 22.3. The number of aliphatic hydroxyl groups excluding tert-OH is 9. The van der Waals surface area contributed by atoms with E-state index in [0.717, 1.165) is 0 Å². The largest absolute Gasteiger partial charge is 0.481 e. The molecule has 0 amide bonds. The Hall–Kier alpha value is -3.56. The van der Waals surface area contributed by atoms with Gasteiger partial charge in [-0.05, 0) is 33.1 Å². The number of ether oxygens (including phenoxy) is 4. The summed E-state index contributed by atoms with van der Waals surface area (Å²) in [4.78, 5) is 25.1. The van der Waals surface area contributed by atoms with E-state index in [1.165, 1.54) is 13.0 Å². The molecule has 0 aromatic carbocycles. The Labute approximate surface area is 397 Å². The number of carbonyl (C=O) groups excluding carboxylic acids is 1. The summed E-state index contributed by atoms with van der Waals surface area (Å²) in [5.41, 5.74) is 6.02. The van der Waals surface area contributed by atoms with E-state index in [-0.39, 0.29) is 48.0 Å². The highest BCUT2D eigenvalue weighted by atomic mass is 16.7. The number of aliphatic hydroxyl groups is 10. The van der Waals surface area contributed by atoms with Crippen molar-refractivity contribution in [1.82, 2.24) is 0 Å². The van der Waals surface area contributed by atoms with Crippen LogP contribution in [0.1, 0.15) is 79.1 Å². The van der Waals surface area contributed by atoms with Crippen LogP contribution >= 0.6 is 0 Å². The molecule has 2 bridgehead atoms. The van der Waals surface area contributed by atoms with Crippen LogP contribution in [-0.2, 0) is 28.5 Å². The molecule has 21 heteroatoms. The van der Waals surface area contributed by atoms with Gasteiger partial charge in [0.2, 0.25) is 0 Å². The molecule has 0 aromatic heterocycles. The standard InChI is InChI=1S/C47H73NO17.3H2O/c1-27-17-15-13-11-9-7-5-6-8-10-12-14-16-18-34(64-46-44(58)41(48)43(57)30(4)63-46)24-38-40(45(59)60)37(54)26-47(61,65-38)25-33(51)22-36(53)35(52)20-19-31(49)21-32(50)23-39(55)62-29(3)28(2)42(27)56;;;/h5-18,27-38,40-44,46,49-54,56-58,61H,19-26,48H2,1-4H3,(H,59,60);3*1H2/b6-5+,9-7+,10-8+,13-11+,14-12+,17-15+,18-16+;;;/t27-,28-,29-,30?,31+,32+,33-,34-,35+,36+,37-,38-,40+,41?,42+,43?,44?,46?,47+;;;/m0.../s1. The summed E-state index contributed by atoms with van der Waals surface area (Å²) in [5.74, 6) is -6.83. The lowest BCUT2D eigenvalue weighted by molar-refractivity contribution is -0.308. The lowest BCUT2D eigenvalue weighted by Gasteiger charge is -2.45. The van der Waals surface area contributed by atoms with Crippen molar-refractivity contribution in [2.75, 3.05) is 0 Å². The zero-order valence-electron chi connectivity index (χ0n) is 39.1. The van der Waals surface area contributed by atoms with Gasteiger partial charge in [-0.15, -0.1) is 0 Å².